The highest BCUT2D eigenvalue weighted by Gasteiger charge is 2.38. The van der Waals surface area contributed by atoms with Crippen molar-refractivity contribution in [2.45, 2.75) is 51.1 Å². The van der Waals surface area contributed by atoms with Gasteiger partial charge in [-0.15, -0.1) is 0 Å². The normalized spacial score (nSPS) is 24.3. The van der Waals surface area contributed by atoms with Gasteiger partial charge in [0, 0.05) is 36.3 Å². The molecule has 3 rings (SSSR count). The van der Waals surface area contributed by atoms with Gasteiger partial charge in [-0.3, -0.25) is 9.59 Å². The predicted octanol–water partition coefficient (Wildman–Crippen LogP) is 2.73. The zero-order valence-corrected chi connectivity index (χ0v) is 14.6. The van der Waals surface area contributed by atoms with Crippen LogP contribution in [-0.2, 0) is 4.79 Å². The molecular formula is C19H27N3O2. The van der Waals surface area contributed by atoms with Gasteiger partial charge in [0.2, 0.25) is 5.91 Å². The Labute approximate surface area is 144 Å². The number of nitrogens with zero attached hydrogens (tertiary/aromatic N) is 2. The Bertz CT molecular complexity index is 616. The molecule has 2 amide bonds. The molecule has 2 atom stereocenters. The third kappa shape index (κ3) is 3.46. The molecule has 5 heteroatoms. The van der Waals surface area contributed by atoms with Crippen molar-refractivity contribution < 1.29 is 9.59 Å². The van der Waals surface area contributed by atoms with E-state index in [9.17, 15) is 9.59 Å². The minimum absolute atomic E-state index is 0.0359. The van der Waals surface area contributed by atoms with Gasteiger partial charge in [-0.2, -0.15) is 0 Å². The summed E-state index contributed by atoms with van der Waals surface area (Å²) >= 11 is 0. The standard InChI is InChI=1S/C19H27N3O2/c1-3-18(23)20-15-8-4-7-14(13-15)19(24)22-12-6-10-17(22)16-9-5-11-21(16)2/h4,7-8,13,16-17H,3,5-6,9-12H2,1-2H3,(H,20,23). The summed E-state index contributed by atoms with van der Waals surface area (Å²) in [7, 11) is 2.17. The van der Waals surface area contributed by atoms with Crippen LogP contribution >= 0.6 is 0 Å². The van der Waals surface area contributed by atoms with Crippen LogP contribution < -0.4 is 5.32 Å². The highest BCUT2D eigenvalue weighted by atomic mass is 16.2. The molecule has 0 radical (unpaired) electrons. The Hall–Kier alpha value is -1.88. The van der Waals surface area contributed by atoms with E-state index in [0.29, 0.717) is 29.8 Å². The van der Waals surface area contributed by atoms with E-state index in [0.717, 1.165) is 25.9 Å². The van der Waals surface area contributed by atoms with Crippen molar-refractivity contribution >= 4 is 17.5 Å². The topological polar surface area (TPSA) is 52.7 Å². The number of benzene rings is 1. The largest absolute Gasteiger partial charge is 0.334 e. The first kappa shape index (κ1) is 17.0. The van der Waals surface area contributed by atoms with Crippen LogP contribution in [0.1, 0.15) is 49.4 Å². The van der Waals surface area contributed by atoms with E-state index in [1.807, 2.05) is 30.0 Å². The number of nitrogens with one attached hydrogen (secondary N) is 1. The molecule has 2 saturated heterocycles. The van der Waals surface area contributed by atoms with Crippen molar-refractivity contribution in [3.63, 3.8) is 0 Å². The molecule has 1 N–H and O–H groups in total. The fraction of sp³-hybridized carbons (Fsp3) is 0.579. The summed E-state index contributed by atoms with van der Waals surface area (Å²) in [5.74, 6) is 0.0524. The Balaban J connectivity index is 1.75. The Morgan fingerprint density at radius 1 is 1.17 bits per heavy atom. The minimum atomic E-state index is -0.0359. The first-order chi connectivity index (χ1) is 11.6. The van der Waals surface area contributed by atoms with Crippen molar-refractivity contribution in [1.29, 1.82) is 0 Å². The molecule has 0 aromatic heterocycles. The Morgan fingerprint density at radius 2 is 1.92 bits per heavy atom. The second-order valence-corrected chi connectivity index (χ2v) is 6.88. The number of amides is 2. The van der Waals surface area contributed by atoms with E-state index >= 15 is 0 Å². The number of rotatable bonds is 4. The van der Waals surface area contributed by atoms with Crippen LogP contribution in [0.4, 0.5) is 5.69 Å². The van der Waals surface area contributed by atoms with E-state index in [1.165, 1.54) is 12.8 Å². The van der Waals surface area contributed by atoms with Gasteiger partial charge < -0.3 is 15.1 Å². The van der Waals surface area contributed by atoms with Gasteiger partial charge >= 0.3 is 0 Å². The minimum Gasteiger partial charge on any atom is -0.334 e. The average molecular weight is 329 g/mol. The fourth-order valence-electron chi connectivity index (χ4n) is 4.01. The molecule has 2 aliphatic heterocycles. The first-order valence-corrected chi connectivity index (χ1v) is 9.01. The average Bonchev–Trinajstić information content (AvgIpc) is 3.22. The van der Waals surface area contributed by atoms with Crippen molar-refractivity contribution in [2.24, 2.45) is 0 Å². The molecule has 130 valence electrons. The van der Waals surface area contributed by atoms with Crippen LogP contribution in [0.25, 0.3) is 0 Å². The molecule has 1 aromatic rings. The number of hydrogen-bond acceptors (Lipinski definition) is 3. The molecule has 0 spiro atoms. The molecule has 2 heterocycles. The molecular weight excluding hydrogens is 302 g/mol. The lowest BCUT2D eigenvalue weighted by molar-refractivity contribution is -0.115. The highest BCUT2D eigenvalue weighted by Crippen LogP contribution is 2.30. The molecule has 0 aliphatic carbocycles. The van der Waals surface area contributed by atoms with Crippen LogP contribution in [0.3, 0.4) is 0 Å². The van der Waals surface area contributed by atoms with Gasteiger partial charge in [-0.05, 0) is 57.5 Å². The number of carbonyl (C=O) groups excluding carboxylic acids is 2. The van der Waals surface area contributed by atoms with E-state index in [1.54, 1.807) is 6.07 Å². The molecule has 2 aliphatic rings. The third-order valence-corrected chi connectivity index (χ3v) is 5.30. The predicted molar refractivity (Wildman–Crippen MR) is 95.1 cm³/mol. The van der Waals surface area contributed by atoms with E-state index < -0.39 is 0 Å². The molecule has 0 bridgehead atoms. The van der Waals surface area contributed by atoms with Crippen LogP contribution in [0.2, 0.25) is 0 Å². The lowest BCUT2D eigenvalue weighted by Gasteiger charge is -2.33. The van der Waals surface area contributed by atoms with Crippen LogP contribution in [0, 0.1) is 0 Å². The summed E-state index contributed by atoms with van der Waals surface area (Å²) < 4.78 is 0. The molecule has 5 nitrogen and oxygen atoms in total. The summed E-state index contributed by atoms with van der Waals surface area (Å²) in [4.78, 5) is 29.0. The third-order valence-electron chi connectivity index (χ3n) is 5.30. The van der Waals surface area contributed by atoms with Gasteiger partial charge in [0.15, 0.2) is 0 Å². The maximum absolute atomic E-state index is 13.0. The molecule has 0 saturated carbocycles. The summed E-state index contributed by atoms with van der Waals surface area (Å²) in [6, 6.07) is 8.11. The molecule has 2 unspecified atom stereocenters. The van der Waals surface area contributed by atoms with Gasteiger partial charge in [-0.1, -0.05) is 13.0 Å². The van der Waals surface area contributed by atoms with Gasteiger partial charge in [0.05, 0.1) is 0 Å². The lowest BCUT2D eigenvalue weighted by Crippen LogP contribution is -2.47. The summed E-state index contributed by atoms with van der Waals surface area (Å²) in [5, 5.41) is 2.83. The number of hydrogen-bond donors (Lipinski definition) is 1. The number of likely N-dealkylation sites (N-methyl/N-ethyl adjacent to an activating group) is 1. The highest BCUT2D eigenvalue weighted by molar-refractivity contribution is 5.97. The van der Waals surface area contributed by atoms with Crippen molar-refractivity contribution in [3.8, 4) is 0 Å². The number of carbonyl (C=O) groups is 2. The molecule has 24 heavy (non-hydrogen) atoms. The van der Waals surface area contributed by atoms with Crippen molar-refractivity contribution in [1.82, 2.24) is 9.80 Å². The second-order valence-electron chi connectivity index (χ2n) is 6.88. The zero-order chi connectivity index (χ0) is 17.1. The second kappa shape index (κ2) is 7.34. The number of anilines is 1. The molecule has 2 fully saturated rings. The van der Waals surface area contributed by atoms with E-state index in [-0.39, 0.29) is 11.8 Å². The fourth-order valence-corrected chi connectivity index (χ4v) is 4.01. The SMILES string of the molecule is CCC(=O)Nc1cccc(C(=O)N2CCCC2C2CCCN2C)c1. The van der Waals surface area contributed by atoms with Crippen molar-refractivity contribution in [2.75, 3.05) is 25.5 Å². The summed E-state index contributed by atoms with van der Waals surface area (Å²) in [6.45, 7) is 3.78. The van der Waals surface area contributed by atoms with Gasteiger partial charge in [-0.25, -0.2) is 0 Å². The van der Waals surface area contributed by atoms with Crippen LogP contribution in [-0.4, -0.2) is 53.8 Å². The number of likely N-dealkylation sites (tertiary alicyclic amines) is 2. The lowest BCUT2D eigenvalue weighted by atomic mass is 10.0. The first-order valence-electron chi connectivity index (χ1n) is 9.01. The van der Waals surface area contributed by atoms with Crippen molar-refractivity contribution in [3.05, 3.63) is 29.8 Å². The Kier molecular flexibility index (Phi) is 5.19. The maximum Gasteiger partial charge on any atom is 0.254 e. The maximum atomic E-state index is 13.0. The monoisotopic (exact) mass is 329 g/mol. The van der Waals surface area contributed by atoms with E-state index in [2.05, 4.69) is 17.3 Å². The smallest absolute Gasteiger partial charge is 0.254 e. The van der Waals surface area contributed by atoms with E-state index in [4.69, 9.17) is 0 Å². The van der Waals surface area contributed by atoms with Crippen LogP contribution in [0.15, 0.2) is 24.3 Å². The quantitative estimate of drug-likeness (QED) is 0.924. The van der Waals surface area contributed by atoms with Gasteiger partial charge in [0.25, 0.3) is 5.91 Å². The summed E-state index contributed by atoms with van der Waals surface area (Å²) in [5.41, 5.74) is 1.36. The zero-order valence-electron chi connectivity index (χ0n) is 14.6. The Morgan fingerprint density at radius 3 is 2.62 bits per heavy atom. The van der Waals surface area contributed by atoms with Crippen LogP contribution in [0.5, 0.6) is 0 Å². The van der Waals surface area contributed by atoms with Gasteiger partial charge in [0.1, 0.15) is 0 Å². The summed E-state index contributed by atoms with van der Waals surface area (Å²) in [6.07, 6.45) is 5.00. The molecule has 1 aromatic carbocycles.